The monoisotopic (exact) mass is 364 g/mol. The number of aromatic nitrogens is 2. The van der Waals surface area contributed by atoms with Crippen LogP contribution in [0.2, 0.25) is 0 Å². The fraction of sp³-hybridized carbons (Fsp3) is 0.333. The van der Waals surface area contributed by atoms with Gasteiger partial charge in [-0.3, -0.25) is 9.36 Å². The van der Waals surface area contributed by atoms with Gasteiger partial charge in [0, 0.05) is 24.2 Å². The number of imidazole rings is 1. The van der Waals surface area contributed by atoms with Gasteiger partial charge in [0.15, 0.2) is 0 Å². The largest absolute Gasteiger partial charge is 0.366 e. The van der Waals surface area contributed by atoms with E-state index >= 15 is 0 Å². The van der Waals surface area contributed by atoms with Crippen molar-refractivity contribution in [1.29, 1.82) is 0 Å². The van der Waals surface area contributed by atoms with Gasteiger partial charge in [-0.2, -0.15) is 0 Å². The van der Waals surface area contributed by atoms with Gasteiger partial charge in [0.25, 0.3) is 0 Å². The third kappa shape index (κ3) is 3.66. The van der Waals surface area contributed by atoms with Crippen LogP contribution in [-0.2, 0) is 6.54 Å². The predicted molar refractivity (Wildman–Crippen MR) is 106 cm³/mol. The topological polar surface area (TPSA) is 92.9 Å². The number of rotatable bonds is 5. The summed E-state index contributed by atoms with van der Waals surface area (Å²) < 4.78 is 1.84. The Morgan fingerprint density at radius 3 is 2.56 bits per heavy atom. The summed E-state index contributed by atoms with van der Waals surface area (Å²) >= 11 is 0. The first-order chi connectivity index (χ1) is 13.1. The van der Waals surface area contributed by atoms with E-state index in [2.05, 4.69) is 34.6 Å². The number of carbonyl (C=O) groups excluding carboxylic acids is 1. The van der Waals surface area contributed by atoms with Crippen molar-refractivity contribution in [2.45, 2.75) is 44.3 Å². The first-order valence-electron chi connectivity index (χ1n) is 9.43. The zero-order chi connectivity index (χ0) is 18.8. The van der Waals surface area contributed by atoms with Gasteiger partial charge in [0.1, 0.15) is 0 Å². The maximum absolute atomic E-state index is 12.5. The number of nitrogens with two attached hydrogens (primary N) is 1. The molecule has 3 aromatic rings. The quantitative estimate of drug-likeness (QED) is 0.650. The average molecular weight is 364 g/mol. The standard InChI is InChI=1S/C21H24N4O2/c22-20(26)15-6-11-19-18(12-15)24-21(27)25(19)17-9-7-16(8-10-17)23-13-14-4-2-1-3-5-14/h1-6,11-12,16-17,23H,7-10,13H2,(H2,22,26)(H,24,27). The molecule has 0 aliphatic heterocycles. The molecular formula is C21H24N4O2. The molecule has 0 radical (unpaired) electrons. The molecule has 1 fully saturated rings. The fourth-order valence-electron chi connectivity index (χ4n) is 4.04. The summed E-state index contributed by atoms with van der Waals surface area (Å²) in [5, 5.41) is 3.63. The van der Waals surface area contributed by atoms with Gasteiger partial charge >= 0.3 is 5.69 Å². The zero-order valence-electron chi connectivity index (χ0n) is 15.2. The summed E-state index contributed by atoms with van der Waals surface area (Å²) in [6, 6.07) is 16.2. The number of aromatic amines is 1. The lowest BCUT2D eigenvalue weighted by Crippen LogP contribution is -2.35. The molecule has 1 saturated carbocycles. The van der Waals surface area contributed by atoms with Crippen LogP contribution in [0.25, 0.3) is 11.0 Å². The van der Waals surface area contributed by atoms with Gasteiger partial charge < -0.3 is 16.0 Å². The van der Waals surface area contributed by atoms with Crippen molar-refractivity contribution in [3.8, 4) is 0 Å². The molecule has 0 saturated heterocycles. The van der Waals surface area contributed by atoms with Crippen LogP contribution in [0.5, 0.6) is 0 Å². The highest BCUT2D eigenvalue weighted by molar-refractivity contribution is 5.96. The molecule has 0 unspecified atom stereocenters. The van der Waals surface area contributed by atoms with Crippen LogP contribution in [0.4, 0.5) is 0 Å². The highest BCUT2D eigenvalue weighted by Crippen LogP contribution is 2.30. The van der Waals surface area contributed by atoms with Crippen molar-refractivity contribution in [2.24, 2.45) is 5.73 Å². The van der Waals surface area contributed by atoms with Crippen LogP contribution in [-0.4, -0.2) is 21.5 Å². The van der Waals surface area contributed by atoms with E-state index in [9.17, 15) is 9.59 Å². The van der Waals surface area contributed by atoms with E-state index in [1.54, 1.807) is 12.1 Å². The molecule has 1 aliphatic rings. The van der Waals surface area contributed by atoms with Gasteiger partial charge in [0.05, 0.1) is 11.0 Å². The SMILES string of the molecule is NC(=O)c1ccc2c(c1)[nH]c(=O)n2C1CCC(NCc2ccccc2)CC1. The number of amides is 1. The summed E-state index contributed by atoms with van der Waals surface area (Å²) in [4.78, 5) is 26.7. The average Bonchev–Trinajstić information content (AvgIpc) is 3.02. The summed E-state index contributed by atoms with van der Waals surface area (Å²) in [6.07, 6.45) is 3.99. The number of hydrogen-bond acceptors (Lipinski definition) is 3. The lowest BCUT2D eigenvalue weighted by molar-refractivity contribution is 0.100. The van der Waals surface area contributed by atoms with Crippen LogP contribution in [0.3, 0.4) is 0 Å². The Bertz CT molecular complexity index is 998. The second-order valence-electron chi connectivity index (χ2n) is 7.27. The molecule has 4 rings (SSSR count). The van der Waals surface area contributed by atoms with Crippen molar-refractivity contribution in [2.75, 3.05) is 0 Å². The van der Waals surface area contributed by atoms with Gasteiger partial charge in [-0.25, -0.2) is 4.79 Å². The van der Waals surface area contributed by atoms with Gasteiger partial charge in [-0.05, 0) is 49.4 Å². The van der Waals surface area contributed by atoms with Gasteiger partial charge in [-0.15, -0.1) is 0 Å². The Balaban J connectivity index is 1.44. The first kappa shape index (κ1) is 17.5. The lowest BCUT2D eigenvalue weighted by Gasteiger charge is -2.30. The lowest BCUT2D eigenvalue weighted by atomic mass is 9.90. The molecule has 0 spiro atoms. The van der Waals surface area contributed by atoms with E-state index in [1.807, 2.05) is 16.7 Å². The van der Waals surface area contributed by atoms with Gasteiger partial charge in [0.2, 0.25) is 5.91 Å². The molecule has 2 aromatic carbocycles. The van der Waals surface area contributed by atoms with Crippen molar-refractivity contribution in [3.05, 3.63) is 70.1 Å². The molecule has 1 heterocycles. The zero-order valence-corrected chi connectivity index (χ0v) is 15.2. The van der Waals surface area contributed by atoms with Crippen LogP contribution in [0.1, 0.15) is 47.6 Å². The van der Waals surface area contributed by atoms with Crippen LogP contribution in [0.15, 0.2) is 53.3 Å². The minimum absolute atomic E-state index is 0.118. The van der Waals surface area contributed by atoms with Crippen LogP contribution < -0.4 is 16.7 Å². The summed E-state index contributed by atoms with van der Waals surface area (Å²) in [5.41, 5.74) is 8.42. The highest BCUT2D eigenvalue weighted by atomic mass is 16.1. The Morgan fingerprint density at radius 1 is 1.11 bits per heavy atom. The molecule has 1 amide bonds. The number of nitrogens with zero attached hydrogens (tertiary/aromatic N) is 1. The number of fused-ring (bicyclic) bond motifs is 1. The van der Waals surface area contributed by atoms with Gasteiger partial charge in [-0.1, -0.05) is 30.3 Å². The molecular weight excluding hydrogens is 340 g/mol. The molecule has 6 heteroatoms. The molecule has 1 aromatic heterocycles. The normalized spacial score (nSPS) is 20.0. The van der Waals surface area contributed by atoms with E-state index in [-0.39, 0.29) is 11.7 Å². The molecule has 27 heavy (non-hydrogen) atoms. The van der Waals surface area contributed by atoms with Crippen molar-refractivity contribution < 1.29 is 4.79 Å². The minimum atomic E-state index is -0.490. The Kier molecular flexibility index (Phi) is 4.81. The first-order valence-corrected chi connectivity index (χ1v) is 9.43. The molecule has 1 aliphatic carbocycles. The van der Waals surface area contributed by atoms with E-state index in [0.717, 1.165) is 37.7 Å². The second kappa shape index (κ2) is 7.40. The summed E-state index contributed by atoms with van der Waals surface area (Å²) in [5.74, 6) is -0.490. The molecule has 4 N–H and O–H groups in total. The van der Waals surface area contributed by atoms with Crippen LogP contribution >= 0.6 is 0 Å². The Hall–Kier alpha value is -2.86. The summed E-state index contributed by atoms with van der Waals surface area (Å²) in [7, 11) is 0. The predicted octanol–water partition coefficient (Wildman–Crippen LogP) is 2.70. The molecule has 0 atom stereocenters. The number of hydrogen-bond donors (Lipinski definition) is 3. The maximum Gasteiger partial charge on any atom is 0.326 e. The van der Waals surface area contributed by atoms with Crippen molar-refractivity contribution >= 4 is 16.9 Å². The third-order valence-corrected chi connectivity index (χ3v) is 5.50. The van der Waals surface area contributed by atoms with Crippen LogP contribution in [0, 0.1) is 0 Å². The van der Waals surface area contributed by atoms with E-state index in [0.29, 0.717) is 17.1 Å². The van der Waals surface area contributed by atoms with E-state index in [4.69, 9.17) is 5.73 Å². The van der Waals surface area contributed by atoms with E-state index < -0.39 is 5.91 Å². The molecule has 0 bridgehead atoms. The van der Waals surface area contributed by atoms with Crippen molar-refractivity contribution in [1.82, 2.24) is 14.9 Å². The number of carbonyl (C=O) groups is 1. The second-order valence-corrected chi connectivity index (χ2v) is 7.27. The third-order valence-electron chi connectivity index (χ3n) is 5.50. The maximum atomic E-state index is 12.5. The number of benzene rings is 2. The molecule has 6 nitrogen and oxygen atoms in total. The minimum Gasteiger partial charge on any atom is -0.366 e. The summed E-state index contributed by atoms with van der Waals surface area (Å²) in [6.45, 7) is 0.874. The fourth-order valence-corrected chi connectivity index (χ4v) is 4.04. The Morgan fingerprint density at radius 2 is 1.85 bits per heavy atom. The van der Waals surface area contributed by atoms with E-state index in [1.165, 1.54) is 5.56 Å². The highest BCUT2D eigenvalue weighted by Gasteiger charge is 2.24. The number of primary amides is 1. The number of nitrogens with one attached hydrogen (secondary N) is 2. The number of H-pyrrole nitrogens is 1. The molecule has 140 valence electrons. The Labute approximate surface area is 157 Å². The smallest absolute Gasteiger partial charge is 0.326 e. The van der Waals surface area contributed by atoms with Crippen molar-refractivity contribution in [3.63, 3.8) is 0 Å².